The first-order valence-corrected chi connectivity index (χ1v) is 7.41. The molecule has 0 atom stereocenters. The van der Waals surface area contributed by atoms with Gasteiger partial charge >= 0.3 is 0 Å². The number of aliphatic imine (C=N–C) groups is 1. The van der Waals surface area contributed by atoms with Gasteiger partial charge in [0.25, 0.3) is 0 Å². The van der Waals surface area contributed by atoms with Crippen LogP contribution in [0.1, 0.15) is 11.1 Å². The van der Waals surface area contributed by atoms with Crippen molar-refractivity contribution in [3.63, 3.8) is 0 Å². The summed E-state index contributed by atoms with van der Waals surface area (Å²) in [5.74, 6) is 0.446. The fourth-order valence-corrected chi connectivity index (χ4v) is 2.51. The van der Waals surface area contributed by atoms with E-state index in [0.29, 0.717) is 12.5 Å². The molecule has 1 aromatic heterocycles. The molecule has 0 saturated carbocycles. The van der Waals surface area contributed by atoms with E-state index in [2.05, 4.69) is 46.6 Å². The zero-order valence-electron chi connectivity index (χ0n) is 13.0. The minimum absolute atomic E-state index is 0. The maximum absolute atomic E-state index is 5.91. The Labute approximate surface area is 153 Å². The molecule has 0 amide bonds. The first kappa shape index (κ1) is 17.3. The molecule has 0 aliphatic carbocycles. The number of nitrogens with zero attached hydrogens (tertiary/aromatic N) is 1. The Kier molecular flexibility index (Phi) is 6.04. The Morgan fingerprint density at radius 3 is 2.74 bits per heavy atom. The Morgan fingerprint density at radius 2 is 1.96 bits per heavy atom. The summed E-state index contributed by atoms with van der Waals surface area (Å²) in [6, 6.07) is 16.3. The fourth-order valence-electron chi connectivity index (χ4n) is 2.51. The van der Waals surface area contributed by atoms with Gasteiger partial charge < -0.3 is 16.0 Å². The summed E-state index contributed by atoms with van der Waals surface area (Å²) in [7, 11) is 0. The molecule has 0 aliphatic rings. The monoisotopic (exact) mass is 420 g/mol. The summed E-state index contributed by atoms with van der Waals surface area (Å²) in [5, 5.41) is 4.35. The summed E-state index contributed by atoms with van der Waals surface area (Å²) in [6.07, 6.45) is 2.92. The van der Waals surface area contributed by atoms with Crippen LogP contribution in [0, 0.1) is 6.92 Å². The molecule has 0 saturated heterocycles. The maximum atomic E-state index is 5.91. The van der Waals surface area contributed by atoms with E-state index in [1.165, 1.54) is 22.0 Å². The summed E-state index contributed by atoms with van der Waals surface area (Å²) in [5.41, 5.74) is 10.6. The van der Waals surface area contributed by atoms with Crippen molar-refractivity contribution < 1.29 is 0 Å². The number of hydrogen-bond acceptors (Lipinski definition) is 1. The lowest BCUT2D eigenvalue weighted by Crippen LogP contribution is -2.22. The van der Waals surface area contributed by atoms with E-state index in [9.17, 15) is 0 Å². The summed E-state index contributed by atoms with van der Waals surface area (Å²) < 4.78 is 0. The molecule has 0 radical (unpaired) electrons. The van der Waals surface area contributed by atoms with E-state index < -0.39 is 0 Å². The normalized spacial score (nSPS) is 11.3. The topological polar surface area (TPSA) is 66.2 Å². The average molecular weight is 420 g/mol. The number of guanidine groups is 1. The third-order valence-electron chi connectivity index (χ3n) is 3.63. The minimum Gasteiger partial charge on any atom is -0.370 e. The van der Waals surface area contributed by atoms with Gasteiger partial charge in [-0.2, -0.15) is 0 Å². The molecule has 3 aromatic rings. The smallest absolute Gasteiger partial charge is 0.193 e. The molecule has 0 fully saturated rings. The molecule has 2 aromatic carbocycles. The van der Waals surface area contributed by atoms with Gasteiger partial charge in [0, 0.05) is 29.3 Å². The number of aryl methyl sites for hydroxylation is 1. The number of benzene rings is 2. The van der Waals surface area contributed by atoms with Crippen molar-refractivity contribution in [2.45, 2.75) is 13.3 Å². The molecule has 1 heterocycles. The molecule has 0 bridgehead atoms. The number of H-pyrrole nitrogens is 1. The van der Waals surface area contributed by atoms with Gasteiger partial charge in [0.15, 0.2) is 5.96 Å². The SMILES string of the molecule is Cc1ccc2c(CCN=C(N)Nc3ccccc3)c[nH]c2c1.I. The number of anilines is 1. The number of halogens is 1. The van der Waals surface area contributed by atoms with Crippen LogP contribution in [0.5, 0.6) is 0 Å². The lowest BCUT2D eigenvalue weighted by molar-refractivity contribution is 0.972. The van der Waals surface area contributed by atoms with Crippen molar-refractivity contribution in [1.29, 1.82) is 0 Å². The Bertz CT molecular complexity index is 793. The Balaban J connectivity index is 0.00000192. The van der Waals surface area contributed by atoms with E-state index in [1.807, 2.05) is 30.3 Å². The third kappa shape index (κ3) is 4.48. The van der Waals surface area contributed by atoms with Crippen molar-refractivity contribution in [1.82, 2.24) is 4.98 Å². The van der Waals surface area contributed by atoms with Crippen LogP contribution in [0.15, 0.2) is 59.7 Å². The third-order valence-corrected chi connectivity index (χ3v) is 3.63. The van der Waals surface area contributed by atoms with Gasteiger partial charge in [-0.3, -0.25) is 4.99 Å². The van der Waals surface area contributed by atoms with Crippen LogP contribution in [0.2, 0.25) is 0 Å². The zero-order valence-corrected chi connectivity index (χ0v) is 15.4. The van der Waals surface area contributed by atoms with Crippen LogP contribution in [0.3, 0.4) is 0 Å². The number of para-hydroxylation sites is 1. The van der Waals surface area contributed by atoms with E-state index in [0.717, 1.165) is 12.1 Å². The highest BCUT2D eigenvalue weighted by Crippen LogP contribution is 2.19. The lowest BCUT2D eigenvalue weighted by atomic mass is 10.1. The second kappa shape index (κ2) is 8.01. The molecule has 120 valence electrons. The van der Waals surface area contributed by atoms with Crippen LogP contribution in [0.4, 0.5) is 5.69 Å². The summed E-state index contributed by atoms with van der Waals surface area (Å²) in [4.78, 5) is 7.70. The van der Waals surface area contributed by atoms with Gasteiger partial charge in [-0.1, -0.05) is 30.3 Å². The lowest BCUT2D eigenvalue weighted by Gasteiger charge is -2.05. The van der Waals surface area contributed by atoms with Crippen LogP contribution in [-0.2, 0) is 6.42 Å². The first-order valence-electron chi connectivity index (χ1n) is 7.41. The van der Waals surface area contributed by atoms with Crippen LogP contribution in [-0.4, -0.2) is 17.5 Å². The maximum Gasteiger partial charge on any atom is 0.193 e. The summed E-state index contributed by atoms with van der Waals surface area (Å²) in [6.45, 7) is 2.76. The fraction of sp³-hybridized carbons (Fsp3) is 0.167. The molecule has 4 N–H and O–H groups in total. The van der Waals surface area contributed by atoms with Gasteiger partial charge in [-0.15, -0.1) is 24.0 Å². The standard InChI is InChI=1S/C18H20N4.HI/c1-13-7-8-16-14(12-21-17(16)11-13)9-10-20-18(19)22-15-5-3-2-4-6-15;/h2-8,11-12,21H,9-10H2,1H3,(H3,19,20,22);1H. The summed E-state index contributed by atoms with van der Waals surface area (Å²) >= 11 is 0. The van der Waals surface area contributed by atoms with Crippen molar-refractivity contribution in [2.75, 3.05) is 11.9 Å². The number of fused-ring (bicyclic) bond motifs is 1. The Hall–Kier alpha value is -2.02. The van der Waals surface area contributed by atoms with Crippen molar-refractivity contribution >= 4 is 46.5 Å². The molecule has 3 rings (SSSR count). The molecule has 4 nitrogen and oxygen atoms in total. The molecule has 23 heavy (non-hydrogen) atoms. The second-order valence-electron chi connectivity index (χ2n) is 5.37. The van der Waals surface area contributed by atoms with Crippen molar-refractivity contribution in [2.24, 2.45) is 10.7 Å². The average Bonchev–Trinajstić information content (AvgIpc) is 2.90. The highest BCUT2D eigenvalue weighted by Gasteiger charge is 2.03. The van der Waals surface area contributed by atoms with Gasteiger partial charge in [-0.05, 0) is 42.7 Å². The number of aromatic nitrogens is 1. The van der Waals surface area contributed by atoms with Crippen LogP contribution >= 0.6 is 24.0 Å². The number of hydrogen-bond donors (Lipinski definition) is 3. The molecule has 0 unspecified atom stereocenters. The highest BCUT2D eigenvalue weighted by atomic mass is 127. The highest BCUT2D eigenvalue weighted by molar-refractivity contribution is 14.0. The predicted octanol–water partition coefficient (Wildman–Crippen LogP) is 4.06. The van der Waals surface area contributed by atoms with Crippen LogP contribution < -0.4 is 11.1 Å². The van der Waals surface area contributed by atoms with E-state index in [1.54, 1.807) is 0 Å². The van der Waals surface area contributed by atoms with Gasteiger partial charge in [0.05, 0.1) is 0 Å². The molecular weight excluding hydrogens is 399 g/mol. The number of rotatable bonds is 4. The van der Waals surface area contributed by atoms with Crippen molar-refractivity contribution in [3.8, 4) is 0 Å². The van der Waals surface area contributed by atoms with E-state index in [4.69, 9.17) is 5.73 Å². The quantitative estimate of drug-likeness (QED) is 0.339. The molecule has 0 aliphatic heterocycles. The van der Waals surface area contributed by atoms with E-state index >= 15 is 0 Å². The van der Waals surface area contributed by atoms with Gasteiger partial charge in [0.2, 0.25) is 0 Å². The number of nitrogens with two attached hydrogens (primary N) is 1. The van der Waals surface area contributed by atoms with E-state index in [-0.39, 0.29) is 24.0 Å². The Morgan fingerprint density at radius 1 is 1.17 bits per heavy atom. The largest absolute Gasteiger partial charge is 0.370 e. The zero-order chi connectivity index (χ0) is 15.4. The molecule has 0 spiro atoms. The van der Waals surface area contributed by atoms with Gasteiger partial charge in [-0.25, -0.2) is 0 Å². The molecule has 5 heteroatoms. The van der Waals surface area contributed by atoms with Crippen molar-refractivity contribution in [3.05, 3.63) is 65.9 Å². The number of aromatic amines is 1. The first-order chi connectivity index (χ1) is 10.7. The second-order valence-corrected chi connectivity index (χ2v) is 5.37. The molecular formula is C18H21IN4. The van der Waals surface area contributed by atoms with Crippen LogP contribution in [0.25, 0.3) is 10.9 Å². The number of nitrogens with one attached hydrogen (secondary N) is 2. The van der Waals surface area contributed by atoms with Gasteiger partial charge in [0.1, 0.15) is 0 Å². The minimum atomic E-state index is 0. The predicted molar refractivity (Wildman–Crippen MR) is 109 cm³/mol.